The Labute approximate surface area is 147 Å². The lowest BCUT2D eigenvalue weighted by Gasteiger charge is -2.18. The molecule has 0 saturated heterocycles. The maximum atomic E-state index is 11.2. The Kier molecular flexibility index (Phi) is 3.95. The second-order valence-corrected chi connectivity index (χ2v) is 6.15. The molecule has 2 heterocycles. The van der Waals surface area contributed by atoms with Crippen LogP contribution in [0.15, 0.2) is 47.8 Å². The van der Waals surface area contributed by atoms with Crippen LogP contribution in [0.3, 0.4) is 0 Å². The monoisotopic (exact) mass is 355 g/mol. The maximum Gasteiger partial charge on any atom is 0.278 e. The van der Waals surface area contributed by atoms with Crippen molar-refractivity contribution in [1.29, 1.82) is 0 Å². The summed E-state index contributed by atoms with van der Waals surface area (Å²) >= 11 is 1.38. The van der Waals surface area contributed by atoms with Gasteiger partial charge in [-0.05, 0) is 18.2 Å². The van der Waals surface area contributed by atoms with Gasteiger partial charge in [0, 0.05) is 23.2 Å². The average Bonchev–Trinajstić information content (AvgIpc) is 3.10. The zero-order valence-corrected chi connectivity index (χ0v) is 13.8. The Bertz CT molecular complexity index is 941. The van der Waals surface area contributed by atoms with Gasteiger partial charge >= 0.3 is 0 Å². The highest BCUT2D eigenvalue weighted by Gasteiger charge is 2.17. The topological polar surface area (TPSA) is 86.5 Å². The lowest BCUT2D eigenvalue weighted by molar-refractivity contribution is -0.384. The van der Waals surface area contributed by atoms with E-state index in [1.807, 2.05) is 18.2 Å². The first-order chi connectivity index (χ1) is 12.2. The average molecular weight is 355 g/mol. The summed E-state index contributed by atoms with van der Waals surface area (Å²) in [5, 5.41) is 16.8. The Morgan fingerprint density at radius 3 is 2.76 bits per heavy atom. The number of nitro benzene ring substituents is 1. The fraction of sp³-hybridized carbons (Fsp3) is 0.118. The Morgan fingerprint density at radius 1 is 1.12 bits per heavy atom. The minimum atomic E-state index is -0.400. The smallest absolute Gasteiger partial charge is 0.278 e. The molecule has 4 rings (SSSR count). The highest BCUT2D eigenvalue weighted by Crippen LogP contribution is 2.36. The lowest BCUT2D eigenvalue weighted by atomic mass is 10.1. The number of nitrogens with one attached hydrogen (secondary N) is 1. The van der Waals surface area contributed by atoms with Crippen LogP contribution in [0.2, 0.25) is 0 Å². The van der Waals surface area contributed by atoms with Gasteiger partial charge in [0.05, 0.1) is 16.2 Å². The van der Waals surface area contributed by atoms with E-state index < -0.39 is 4.92 Å². The van der Waals surface area contributed by atoms with Crippen molar-refractivity contribution in [2.24, 2.45) is 0 Å². The molecule has 8 heteroatoms. The molecule has 0 fully saturated rings. The predicted molar refractivity (Wildman–Crippen MR) is 94.9 cm³/mol. The van der Waals surface area contributed by atoms with Crippen LogP contribution in [0.4, 0.5) is 16.5 Å². The zero-order valence-electron chi connectivity index (χ0n) is 13.0. The van der Waals surface area contributed by atoms with E-state index in [2.05, 4.69) is 10.3 Å². The Balaban J connectivity index is 1.59. The third kappa shape index (κ3) is 3.11. The van der Waals surface area contributed by atoms with E-state index in [1.54, 1.807) is 23.6 Å². The van der Waals surface area contributed by atoms with Crippen LogP contribution in [0, 0.1) is 10.1 Å². The van der Waals surface area contributed by atoms with Crippen LogP contribution >= 0.6 is 11.3 Å². The largest absolute Gasteiger partial charge is 0.486 e. The molecule has 1 N–H and O–H groups in total. The van der Waals surface area contributed by atoms with Crippen molar-refractivity contribution in [2.45, 2.75) is 0 Å². The van der Waals surface area contributed by atoms with E-state index in [0.717, 1.165) is 11.4 Å². The third-order valence-corrected chi connectivity index (χ3v) is 4.43. The maximum absolute atomic E-state index is 11.2. The summed E-state index contributed by atoms with van der Waals surface area (Å²) in [5.74, 6) is 1.41. The summed E-state index contributed by atoms with van der Waals surface area (Å²) in [7, 11) is 0. The van der Waals surface area contributed by atoms with Gasteiger partial charge in [-0.15, -0.1) is 11.3 Å². The molecule has 1 aliphatic heterocycles. The number of anilines is 2. The number of hydrogen-bond donors (Lipinski definition) is 1. The number of aromatic nitrogens is 1. The SMILES string of the molecule is O=[N+]([O-])c1ccccc1-c1csc(Nc2ccc3c(c2)OCCO3)n1. The fourth-order valence-corrected chi connectivity index (χ4v) is 3.28. The summed E-state index contributed by atoms with van der Waals surface area (Å²) in [6, 6.07) is 12.1. The van der Waals surface area contributed by atoms with Crippen molar-refractivity contribution in [2.75, 3.05) is 18.5 Å². The molecule has 0 radical (unpaired) electrons. The first kappa shape index (κ1) is 15.4. The Hall–Kier alpha value is -3.13. The summed E-state index contributed by atoms with van der Waals surface area (Å²) in [4.78, 5) is 15.2. The molecule has 2 aromatic carbocycles. The van der Waals surface area contributed by atoms with Gasteiger partial charge in [-0.25, -0.2) is 4.98 Å². The number of ether oxygens (including phenoxy) is 2. The van der Waals surface area contributed by atoms with Crippen molar-refractivity contribution in [3.05, 3.63) is 58.0 Å². The summed E-state index contributed by atoms with van der Waals surface area (Å²) in [6.45, 7) is 1.07. The van der Waals surface area contributed by atoms with Gasteiger partial charge in [-0.1, -0.05) is 12.1 Å². The van der Waals surface area contributed by atoms with Gasteiger partial charge in [0.15, 0.2) is 16.6 Å². The minimum Gasteiger partial charge on any atom is -0.486 e. The number of benzene rings is 2. The van der Waals surface area contributed by atoms with Gasteiger partial charge in [-0.3, -0.25) is 10.1 Å². The summed E-state index contributed by atoms with van der Waals surface area (Å²) < 4.78 is 11.1. The Morgan fingerprint density at radius 2 is 1.92 bits per heavy atom. The van der Waals surface area contributed by atoms with Crippen LogP contribution in [-0.4, -0.2) is 23.1 Å². The zero-order chi connectivity index (χ0) is 17.2. The van der Waals surface area contributed by atoms with Crippen molar-refractivity contribution in [1.82, 2.24) is 4.98 Å². The number of hydrogen-bond acceptors (Lipinski definition) is 7. The van der Waals surface area contributed by atoms with Gasteiger partial charge in [0.25, 0.3) is 5.69 Å². The number of nitro groups is 1. The quantitative estimate of drug-likeness (QED) is 0.557. The molecule has 0 bridgehead atoms. The number of para-hydroxylation sites is 1. The van der Waals surface area contributed by atoms with Gasteiger partial charge in [-0.2, -0.15) is 0 Å². The molecule has 0 unspecified atom stereocenters. The highest BCUT2D eigenvalue weighted by atomic mass is 32.1. The van der Waals surface area contributed by atoms with Crippen molar-refractivity contribution < 1.29 is 14.4 Å². The standard InChI is InChI=1S/C17H13N3O4S/c21-20(22)14-4-2-1-3-12(14)13-10-25-17(19-13)18-11-5-6-15-16(9-11)24-8-7-23-15/h1-6,9-10H,7-8H2,(H,18,19). The molecule has 126 valence electrons. The van der Waals surface area contributed by atoms with Gasteiger partial charge in [0.1, 0.15) is 13.2 Å². The molecule has 0 spiro atoms. The number of thiazole rings is 1. The molecule has 0 aliphatic carbocycles. The molecule has 0 atom stereocenters. The van der Waals surface area contributed by atoms with E-state index in [4.69, 9.17) is 9.47 Å². The normalized spacial score (nSPS) is 12.6. The number of nitrogens with zero attached hydrogens (tertiary/aromatic N) is 2. The van der Waals surface area contributed by atoms with Crippen molar-refractivity contribution in [3.63, 3.8) is 0 Å². The lowest BCUT2D eigenvalue weighted by Crippen LogP contribution is -2.15. The summed E-state index contributed by atoms with van der Waals surface area (Å²) in [6.07, 6.45) is 0. The van der Waals surface area contributed by atoms with Gasteiger partial charge in [0.2, 0.25) is 0 Å². The van der Waals surface area contributed by atoms with E-state index >= 15 is 0 Å². The second kappa shape index (κ2) is 6.40. The van der Waals surface area contributed by atoms with E-state index in [0.29, 0.717) is 35.4 Å². The van der Waals surface area contributed by atoms with Crippen LogP contribution in [0.1, 0.15) is 0 Å². The molecule has 1 aliphatic rings. The molecule has 1 aromatic heterocycles. The first-order valence-corrected chi connectivity index (χ1v) is 8.45. The molecule has 0 amide bonds. The van der Waals surface area contributed by atoms with E-state index in [9.17, 15) is 10.1 Å². The van der Waals surface area contributed by atoms with E-state index in [-0.39, 0.29) is 5.69 Å². The van der Waals surface area contributed by atoms with Crippen LogP contribution in [0.25, 0.3) is 11.3 Å². The molecule has 0 saturated carbocycles. The molecular weight excluding hydrogens is 342 g/mol. The van der Waals surface area contributed by atoms with Crippen molar-refractivity contribution in [3.8, 4) is 22.8 Å². The predicted octanol–water partition coefficient (Wildman–Crippen LogP) is 4.23. The minimum absolute atomic E-state index is 0.0404. The van der Waals surface area contributed by atoms with Crippen LogP contribution in [-0.2, 0) is 0 Å². The van der Waals surface area contributed by atoms with E-state index in [1.165, 1.54) is 17.4 Å². The molecular formula is C17H13N3O4S. The van der Waals surface area contributed by atoms with Crippen LogP contribution < -0.4 is 14.8 Å². The molecule has 3 aromatic rings. The fourth-order valence-electron chi connectivity index (χ4n) is 2.55. The van der Waals surface area contributed by atoms with Crippen LogP contribution in [0.5, 0.6) is 11.5 Å². The molecule has 7 nitrogen and oxygen atoms in total. The third-order valence-electron chi connectivity index (χ3n) is 3.67. The second-order valence-electron chi connectivity index (χ2n) is 5.30. The number of fused-ring (bicyclic) bond motifs is 1. The highest BCUT2D eigenvalue weighted by molar-refractivity contribution is 7.14. The van der Waals surface area contributed by atoms with Crippen molar-refractivity contribution >= 4 is 27.8 Å². The number of rotatable bonds is 4. The molecule has 25 heavy (non-hydrogen) atoms. The summed E-state index contributed by atoms with van der Waals surface area (Å²) in [5.41, 5.74) is 1.92. The van der Waals surface area contributed by atoms with Gasteiger partial charge < -0.3 is 14.8 Å². The first-order valence-electron chi connectivity index (χ1n) is 7.57.